The van der Waals surface area contributed by atoms with E-state index in [1.54, 1.807) is 7.11 Å². The molecule has 1 aliphatic heterocycles. The van der Waals surface area contributed by atoms with Crippen molar-refractivity contribution in [3.63, 3.8) is 0 Å². The molecule has 0 radical (unpaired) electrons. The van der Waals surface area contributed by atoms with E-state index in [-0.39, 0.29) is 17.4 Å². The van der Waals surface area contributed by atoms with E-state index in [1.807, 2.05) is 24.3 Å². The number of fused-ring (bicyclic) bond motifs is 4. The summed E-state index contributed by atoms with van der Waals surface area (Å²) < 4.78 is 5.44. The number of nitriles is 1. The van der Waals surface area contributed by atoms with Gasteiger partial charge < -0.3 is 10.1 Å². The highest BCUT2D eigenvalue weighted by Crippen LogP contribution is 2.58. The second kappa shape index (κ2) is 11.3. The minimum Gasteiger partial charge on any atom is -0.497 e. The van der Waals surface area contributed by atoms with Gasteiger partial charge in [-0.05, 0) is 109 Å². The maximum Gasteiger partial charge on any atom is 0.167 e. The van der Waals surface area contributed by atoms with Gasteiger partial charge in [-0.2, -0.15) is 5.26 Å². The van der Waals surface area contributed by atoms with Crippen LogP contribution < -0.4 is 10.1 Å². The molecule has 5 unspecified atom stereocenters. The van der Waals surface area contributed by atoms with E-state index >= 15 is 0 Å². The molecule has 216 valence electrons. The third-order valence-electron chi connectivity index (χ3n) is 11.2. The standard InChI is InChI=1S/C38H42N2O2/c1-42-31-14-11-26(12-15-31)22-34-36(41)32-16-13-30(29-9-5-10-29)23-33(32)35-37(40-35)38(34)18-3-2-6-25(17-19-38)20-27-7-4-8-28(21-27)24-39/h4,7-8,11-16,21,23,25,29,34-35,37,40H,2-3,5-6,9-10,17-20,22H2,1H3. The van der Waals surface area contributed by atoms with Gasteiger partial charge in [0.15, 0.2) is 5.78 Å². The number of rotatable bonds is 6. The van der Waals surface area contributed by atoms with E-state index in [9.17, 15) is 10.1 Å². The summed E-state index contributed by atoms with van der Waals surface area (Å²) in [6.45, 7) is 0. The quantitative estimate of drug-likeness (QED) is 0.310. The van der Waals surface area contributed by atoms with Gasteiger partial charge in [0.1, 0.15) is 5.75 Å². The van der Waals surface area contributed by atoms with Crippen LogP contribution in [0.3, 0.4) is 0 Å². The van der Waals surface area contributed by atoms with E-state index in [4.69, 9.17) is 4.74 Å². The van der Waals surface area contributed by atoms with Crippen molar-refractivity contribution in [1.82, 2.24) is 5.32 Å². The van der Waals surface area contributed by atoms with Crippen LogP contribution in [0.4, 0.5) is 0 Å². The molecule has 4 nitrogen and oxygen atoms in total. The van der Waals surface area contributed by atoms with Crippen molar-refractivity contribution in [1.29, 1.82) is 5.26 Å². The molecule has 1 heterocycles. The lowest BCUT2D eigenvalue weighted by atomic mass is 9.61. The predicted octanol–water partition coefficient (Wildman–Crippen LogP) is 8.10. The van der Waals surface area contributed by atoms with Crippen LogP contribution in [0.1, 0.15) is 108 Å². The van der Waals surface area contributed by atoms with Crippen LogP contribution in [0.5, 0.6) is 5.75 Å². The fourth-order valence-electron chi connectivity index (χ4n) is 8.52. The zero-order valence-electron chi connectivity index (χ0n) is 24.8. The molecule has 42 heavy (non-hydrogen) atoms. The first-order valence-corrected chi connectivity index (χ1v) is 16.1. The van der Waals surface area contributed by atoms with Crippen LogP contribution in [-0.2, 0) is 12.8 Å². The Morgan fingerprint density at radius 3 is 2.52 bits per heavy atom. The highest BCUT2D eigenvalue weighted by molar-refractivity contribution is 6.01. The van der Waals surface area contributed by atoms with Crippen molar-refractivity contribution in [2.45, 2.75) is 88.6 Å². The van der Waals surface area contributed by atoms with Gasteiger partial charge in [0.2, 0.25) is 0 Å². The summed E-state index contributed by atoms with van der Waals surface area (Å²) in [5.74, 6) is 2.39. The Bertz CT molecular complexity index is 1500. The molecule has 0 aromatic heterocycles. The summed E-state index contributed by atoms with van der Waals surface area (Å²) in [6.07, 6.45) is 12.5. The summed E-state index contributed by atoms with van der Waals surface area (Å²) in [7, 11) is 1.70. The van der Waals surface area contributed by atoms with E-state index in [0.717, 1.165) is 55.4 Å². The first-order chi connectivity index (χ1) is 20.6. The number of carbonyl (C=O) groups is 1. The second-order valence-electron chi connectivity index (χ2n) is 13.5. The van der Waals surface area contributed by atoms with E-state index in [1.165, 1.54) is 54.4 Å². The smallest absolute Gasteiger partial charge is 0.167 e. The minimum absolute atomic E-state index is 0.0511. The Kier molecular flexibility index (Phi) is 7.40. The lowest BCUT2D eigenvalue weighted by Gasteiger charge is -2.42. The minimum atomic E-state index is -0.0650. The molecule has 7 rings (SSSR count). The first kappa shape index (κ1) is 27.4. The average Bonchev–Trinajstić information content (AvgIpc) is 3.79. The second-order valence-corrected chi connectivity index (χ2v) is 13.5. The number of nitrogens with zero attached hydrogens (tertiary/aromatic N) is 1. The molecule has 4 aliphatic rings. The third-order valence-corrected chi connectivity index (χ3v) is 11.2. The normalized spacial score (nSPS) is 28.8. The fourth-order valence-corrected chi connectivity index (χ4v) is 8.52. The van der Waals surface area contributed by atoms with Gasteiger partial charge >= 0.3 is 0 Å². The van der Waals surface area contributed by atoms with Gasteiger partial charge in [0.25, 0.3) is 0 Å². The van der Waals surface area contributed by atoms with Gasteiger partial charge in [0, 0.05) is 23.6 Å². The number of Topliss-reactive ketones (excluding diaryl/α,β-unsaturated/α-hetero) is 1. The lowest BCUT2D eigenvalue weighted by molar-refractivity contribution is 0.0612. The lowest BCUT2D eigenvalue weighted by Crippen LogP contribution is -2.43. The highest BCUT2D eigenvalue weighted by Gasteiger charge is 2.60. The molecule has 1 N–H and O–H groups in total. The van der Waals surface area contributed by atoms with E-state index < -0.39 is 0 Å². The van der Waals surface area contributed by atoms with Crippen molar-refractivity contribution in [3.05, 3.63) is 100 Å². The maximum atomic E-state index is 14.7. The Balaban J connectivity index is 1.23. The van der Waals surface area contributed by atoms with Crippen LogP contribution in [0, 0.1) is 28.6 Å². The number of benzene rings is 3. The third kappa shape index (κ3) is 5.07. The molecule has 2 saturated carbocycles. The van der Waals surface area contributed by atoms with Crippen LogP contribution in [-0.4, -0.2) is 18.9 Å². The molecule has 3 aromatic rings. The van der Waals surface area contributed by atoms with Crippen LogP contribution in [0.15, 0.2) is 66.7 Å². The molecular weight excluding hydrogens is 516 g/mol. The Labute approximate surface area is 250 Å². The number of hydrogen-bond acceptors (Lipinski definition) is 4. The predicted molar refractivity (Wildman–Crippen MR) is 166 cm³/mol. The highest BCUT2D eigenvalue weighted by atomic mass is 16.5. The molecule has 3 aliphatic carbocycles. The molecule has 3 aromatic carbocycles. The monoisotopic (exact) mass is 558 g/mol. The van der Waals surface area contributed by atoms with Gasteiger partial charge in [0.05, 0.1) is 18.7 Å². The summed E-state index contributed by atoms with van der Waals surface area (Å²) in [6, 6.07) is 26.3. The van der Waals surface area contributed by atoms with Crippen LogP contribution in [0.25, 0.3) is 0 Å². The fraction of sp³-hybridized carbons (Fsp3) is 0.474. The molecular formula is C38H42N2O2. The van der Waals surface area contributed by atoms with Gasteiger partial charge in [-0.15, -0.1) is 0 Å². The summed E-state index contributed by atoms with van der Waals surface area (Å²) in [4.78, 5) is 14.7. The van der Waals surface area contributed by atoms with Crippen LogP contribution in [0.2, 0.25) is 0 Å². The number of methoxy groups -OCH3 is 1. The van der Waals surface area contributed by atoms with Crippen molar-refractivity contribution < 1.29 is 9.53 Å². The first-order valence-electron chi connectivity index (χ1n) is 16.1. The van der Waals surface area contributed by atoms with Crippen LogP contribution >= 0.6 is 0 Å². The number of nitrogens with one attached hydrogen (secondary N) is 1. The number of ether oxygens (including phenoxy) is 1. The largest absolute Gasteiger partial charge is 0.497 e. The van der Waals surface area contributed by atoms with Crippen molar-refractivity contribution in [2.24, 2.45) is 17.3 Å². The molecule has 1 spiro atoms. The number of ketones is 1. The van der Waals surface area contributed by atoms with E-state index in [2.05, 4.69) is 53.9 Å². The Morgan fingerprint density at radius 1 is 0.905 bits per heavy atom. The summed E-state index contributed by atoms with van der Waals surface area (Å²) in [5, 5.41) is 13.4. The van der Waals surface area contributed by atoms with Crippen molar-refractivity contribution in [3.8, 4) is 11.8 Å². The van der Waals surface area contributed by atoms with Crippen molar-refractivity contribution in [2.75, 3.05) is 7.11 Å². The SMILES string of the molecule is COc1ccc(CC2C(=O)c3ccc(C4CCC4)cc3C3NC3C23CCCCC(Cc2cccc(C#N)c2)CC3)cc1. The average molecular weight is 559 g/mol. The number of carbonyl (C=O) groups excluding carboxylic acids is 1. The zero-order valence-corrected chi connectivity index (χ0v) is 24.8. The molecule has 0 bridgehead atoms. The van der Waals surface area contributed by atoms with E-state index in [0.29, 0.717) is 23.7 Å². The summed E-state index contributed by atoms with van der Waals surface area (Å²) in [5.41, 5.74) is 6.81. The van der Waals surface area contributed by atoms with Gasteiger partial charge in [-0.1, -0.05) is 68.1 Å². The zero-order chi connectivity index (χ0) is 28.7. The van der Waals surface area contributed by atoms with Gasteiger partial charge in [-0.25, -0.2) is 0 Å². The van der Waals surface area contributed by atoms with Crippen molar-refractivity contribution >= 4 is 5.78 Å². The molecule has 0 amide bonds. The number of hydrogen-bond donors (Lipinski definition) is 1. The Hall–Kier alpha value is -3.42. The molecule has 5 atom stereocenters. The van der Waals surface area contributed by atoms with Gasteiger partial charge in [-0.3, -0.25) is 4.79 Å². The topological polar surface area (TPSA) is 72.0 Å². The summed E-state index contributed by atoms with van der Waals surface area (Å²) >= 11 is 0. The molecule has 4 heteroatoms. The maximum absolute atomic E-state index is 14.7. The molecule has 3 fully saturated rings. The molecule has 1 saturated heterocycles. The Morgan fingerprint density at radius 2 is 1.76 bits per heavy atom.